The molecule has 1 fully saturated rings. The van der Waals surface area contributed by atoms with Crippen molar-refractivity contribution in [2.75, 3.05) is 6.61 Å². The maximum absolute atomic E-state index is 12.5. The van der Waals surface area contributed by atoms with Crippen LogP contribution in [0.4, 0.5) is 0 Å². The van der Waals surface area contributed by atoms with Crippen LogP contribution in [0, 0.1) is 6.92 Å². The molecular weight excluding hydrogens is 304 g/mol. The number of hydrogen-bond acceptors (Lipinski definition) is 4. The van der Waals surface area contributed by atoms with Crippen LogP contribution in [-0.2, 0) is 17.9 Å². The number of aryl methyl sites for hydroxylation is 1. The first kappa shape index (κ1) is 16.5. The van der Waals surface area contributed by atoms with Crippen molar-refractivity contribution in [3.05, 3.63) is 59.4 Å². The van der Waals surface area contributed by atoms with Gasteiger partial charge < -0.3 is 14.7 Å². The van der Waals surface area contributed by atoms with E-state index in [2.05, 4.69) is 36.2 Å². The lowest BCUT2D eigenvalue weighted by atomic mass is 10.1. The molecular formula is C19H22N2O3. The van der Waals surface area contributed by atoms with E-state index >= 15 is 0 Å². The van der Waals surface area contributed by atoms with E-state index in [0.717, 1.165) is 18.4 Å². The van der Waals surface area contributed by atoms with E-state index in [9.17, 15) is 4.79 Å². The van der Waals surface area contributed by atoms with Gasteiger partial charge in [0.2, 0.25) is 0 Å². The lowest BCUT2D eigenvalue weighted by Crippen LogP contribution is -2.36. The van der Waals surface area contributed by atoms with Gasteiger partial charge in [-0.25, -0.2) is 0 Å². The molecule has 1 aromatic carbocycles. The molecule has 0 atom stereocenters. The van der Waals surface area contributed by atoms with E-state index in [1.807, 2.05) is 4.90 Å². The monoisotopic (exact) mass is 326 g/mol. The molecule has 1 aromatic heterocycles. The number of amides is 1. The zero-order chi connectivity index (χ0) is 16.9. The van der Waals surface area contributed by atoms with Crippen LogP contribution in [0.25, 0.3) is 0 Å². The summed E-state index contributed by atoms with van der Waals surface area (Å²) in [5, 5.41) is 8.98. The summed E-state index contributed by atoms with van der Waals surface area (Å²) in [6.07, 6.45) is 3.65. The van der Waals surface area contributed by atoms with E-state index < -0.39 is 0 Å². The molecule has 1 N–H and O–H groups in total. The number of hydrogen-bond donors (Lipinski definition) is 1. The first-order valence-corrected chi connectivity index (χ1v) is 8.19. The summed E-state index contributed by atoms with van der Waals surface area (Å²) >= 11 is 0. The molecule has 5 heteroatoms. The van der Waals surface area contributed by atoms with E-state index in [4.69, 9.17) is 9.84 Å². The Hall–Kier alpha value is -2.40. The molecule has 2 aromatic rings. The predicted octanol–water partition coefficient (Wildman–Crippen LogP) is 2.45. The second-order valence-electron chi connectivity index (χ2n) is 6.17. The van der Waals surface area contributed by atoms with Crippen LogP contribution in [0.1, 0.15) is 29.7 Å². The Morgan fingerprint density at radius 3 is 2.58 bits per heavy atom. The number of carbonyl (C=O) groups excluding carboxylic acids is 1. The molecule has 1 saturated carbocycles. The topological polar surface area (TPSA) is 62.7 Å². The van der Waals surface area contributed by atoms with Gasteiger partial charge in [-0.15, -0.1) is 0 Å². The third kappa shape index (κ3) is 4.32. The van der Waals surface area contributed by atoms with Gasteiger partial charge in [0.1, 0.15) is 5.75 Å². The molecule has 24 heavy (non-hydrogen) atoms. The van der Waals surface area contributed by atoms with Gasteiger partial charge in [-0.2, -0.15) is 0 Å². The Kier molecular flexibility index (Phi) is 5.11. The number of aliphatic hydroxyl groups is 1. The van der Waals surface area contributed by atoms with Crippen molar-refractivity contribution in [1.82, 2.24) is 9.88 Å². The average Bonchev–Trinajstić information content (AvgIpc) is 3.44. The van der Waals surface area contributed by atoms with E-state index in [-0.39, 0.29) is 19.1 Å². The predicted molar refractivity (Wildman–Crippen MR) is 90.4 cm³/mol. The molecule has 1 aliphatic carbocycles. The van der Waals surface area contributed by atoms with Gasteiger partial charge in [0.15, 0.2) is 6.61 Å². The van der Waals surface area contributed by atoms with Crippen molar-refractivity contribution >= 4 is 5.91 Å². The molecule has 0 unspecified atom stereocenters. The number of pyridine rings is 1. The number of carbonyl (C=O) groups is 1. The molecule has 126 valence electrons. The summed E-state index contributed by atoms with van der Waals surface area (Å²) in [5.41, 5.74) is 2.92. The quantitative estimate of drug-likeness (QED) is 0.849. The van der Waals surface area contributed by atoms with Gasteiger partial charge in [-0.1, -0.05) is 29.8 Å². The van der Waals surface area contributed by atoms with Crippen LogP contribution in [0.5, 0.6) is 5.75 Å². The van der Waals surface area contributed by atoms with Crippen molar-refractivity contribution in [3.63, 3.8) is 0 Å². The fourth-order valence-electron chi connectivity index (χ4n) is 2.52. The van der Waals surface area contributed by atoms with Crippen LogP contribution in [0.3, 0.4) is 0 Å². The zero-order valence-corrected chi connectivity index (χ0v) is 13.8. The molecule has 1 heterocycles. The second-order valence-corrected chi connectivity index (χ2v) is 6.17. The third-order valence-electron chi connectivity index (χ3n) is 4.10. The van der Waals surface area contributed by atoms with Crippen LogP contribution < -0.4 is 4.74 Å². The maximum atomic E-state index is 12.5. The Labute approximate surface area is 141 Å². The summed E-state index contributed by atoms with van der Waals surface area (Å²) in [4.78, 5) is 18.5. The van der Waals surface area contributed by atoms with Crippen LogP contribution in [0.2, 0.25) is 0 Å². The molecule has 0 bridgehead atoms. The van der Waals surface area contributed by atoms with Gasteiger partial charge in [-0.05, 0) is 37.5 Å². The normalized spacial score (nSPS) is 13.6. The smallest absolute Gasteiger partial charge is 0.261 e. The largest absolute Gasteiger partial charge is 0.482 e. The number of aliphatic hydroxyl groups excluding tert-OH is 1. The first-order chi connectivity index (χ1) is 11.7. The van der Waals surface area contributed by atoms with Crippen molar-refractivity contribution in [2.24, 2.45) is 0 Å². The fourth-order valence-corrected chi connectivity index (χ4v) is 2.52. The number of benzene rings is 1. The highest BCUT2D eigenvalue weighted by Gasteiger charge is 2.32. The van der Waals surface area contributed by atoms with Gasteiger partial charge in [0.25, 0.3) is 5.91 Å². The van der Waals surface area contributed by atoms with Crippen molar-refractivity contribution in [1.29, 1.82) is 0 Å². The van der Waals surface area contributed by atoms with Crippen molar-refractivity contribution in [3.8, 4) is 5.75 Å². The molecule has 1 aliphatic rings. The number of aromatic nitrogens is 1. The van der Waals surface area contributed by atoms with Gasteiger partial charge >= 0.3 is 0 Å². The molecule has 0 radical (unpaired) electrons. The third-order valence-corrected chi connectivity index (χ3v) is 4.10. The van der Waals surface area contributed by atoms with E-state index in [1.54, 1.807) is 12.1 Å². The lowest BCUT2D eigenvalue weighted by Gasteiger charge is -2.22. The van der Waals surface area contributed by atoms with Gasteiger partial charge in [-0.3, -0.25) is 9.78 Å². The van der Waals surface area contributed by atoms with Crippen molar-refractivity contribution in [2.45, 2.75) is 39.0 Å². The Bertz CT molecular complexity index is 679. The number of nitrogens with zero attached hydrogens (tertiary/aromatic N) is 2. The van der Waals surface area contributed by atoms with E-state index in [0.29, 0.717) is 24.0 Å². The highest BCUT2D eigenvalue weighted by atomic mass is 16.5. The number of ether oxygens (including phenoxy) is 1. The Morgan fingerprint density at radius 2 is 2.00 bits per heavy atom. The molecule has 3 rings (SSSR count). The number of rotatable bonds is 7. The molecule has 0 saturated heterocycles. The molecule has 5 nitrogen and oxygen atoms in total. The van der Waals surface area contributed by atoms with Gasteiger partial charge in [0.05, 0.1) is 18.5 Å². The average molecular weight is 326 g/mol. The SMILES string of the molecule is Cc1ccc(CN(C(=O)COc2ccc(CO)nc2)C2CC2)cc1. The minimum atomic E-state index is -0.106. The van der Waals surface area contributed by atoms with Gasteiger partial charge in [0, 0.05) is 12.6 Å². The summed E-state index contributed by atoms with van der Waals surface area (Å²) in [7, 11) is 0. The van der Waals surface area contributed by atoms with E-state index in [1.165, 1.54) is 11.8 Å². The van der Waals surface area contributed by atoms with Crippen LogP contribution in [0.15, 0.2) is 42.6 Å². The van der Waals surface area contributed by atoms with Crippen LogP contribution in [-0.4, -0.2) is 33.5 Å². The highest BCUT2D eigenvalue weighted by molar-refractivity contribution is 5.78. The first-order valence-electron chi connectivity index (χ1n) is 8.19. The van der Waals surface area contributed by atoms with Crippen LogP contribution >= 0.6 is 0 Å². The standard InChI is InChI=1S/C19H22N2O3/c1-14-2-4-15(5-3-14)11-21(17-7-8-17)19(23)13-24-18-9-6-16(12-22)20-10-18/h2-6,9-10,17,22H,7-8,11-13H2,1H3. The minimum Gasteiger partial charge on any atom is -0.482 e. The maximum Gasteiger partial charge on any atom is 0.261 e. The fraction of sp³-hybridized carbons (Fsp3) is 0.368. The summed E-state index contributed by atoms with van der Waals surface area (Å²) in [6, 6.07) is 12.0. The molecule has 0 aliphatic heterocycles. The summed E-state index contributed by atoms with van der Waals surface area (Å²) in [6.45, 7) is 2.57. The summed E-state index contributed by atoms with van der Waals surface area (Å²) < 4.78 is 5.55. The zero-order valence-electron chi connectivity index (χ0n) is 13.8. The summed E-state index contributed by atoms with van der Waals surface area (Å²) in [5.74, 6) is 0.524. The second kappa shape index (κ2) is 7.45. The Balaban J connectivity index is 1.58. The molecule has 0 spiro atoms. The Morgan fingerprint density at radius 1 is 1.25 bits per heavy atom. The highest BCUT2D eigenvalue weighted by Crippen LogP contribution is 2.28. The minimum absolute atomic E-state index is 0.00249. The molecule has 1 amide bonds. The lowest BCUT2D eigenvalue weighted by molar-refractivity contribution is -0.134. The van der Waals surface area contributed by atoms with Crippen molar-refractivity contribution < 1.29 is 14.6 Å².